The second kappa shape index (κ2) is 4.15. The predicted molar refractivity (Wildman–Crippen MR) is 63.0 cm³/mol. The van der Waals surface area contributed by atoms with Crippen LogP contribution in [-0.2, 0) is 6.54 Å². The standard InChI is InChI=1S/C11H13BrN2/c12-11-4-3-10(13)7-9(11)8-14-5-1-2-6-14/h1-4,7H,5-6,8,13H2. The van der Waals surface area contributed by atoms with Gasteiger partial charge in [0.2, 0.25) is 0 Å². The molecule has 0 saturated carbocycles. The highest BCUT2D eigenvalue weighted by atomic mass is 79.9. The average molecular weight is 253 g/mol. The van der Waals surface area contributed by atoms with Crippen LogP contribution in [-0.4, -0.2) is 18.0 Å². The van der Waals surface area contributed by atoms with E-state index in [2.05, 4.69) is 33.0 Å². The molecule has 0 atom stereocenters. The van der Waals surface area contributed by atoms with Gasteiger partial charge in [0.15, 0.2) is 0 Å². The van der Waals surface area contributed by atoms with Gasteiger partial charge in [0, 0.05) is 29.8 Å². The Bertz CT molecular complexity index is 352. The molecule has 1 aromatic rings. The number of anilines is 1. The lowest BCUT2D eigenvalue weighted by Crippen LogP contribution is -2.19. The number of nitrogens with two attached hydrogens (primary N) is 1. The van der Waals surface area contributed by atoms with Crippen LogP contribution in [0.5, 0.6) is 0 Å². The largest absolute Gasteiger partial charge is 0.399 e. The van der Waals surface area contributed by atoms with Gasteiger partial charge in [-0.2, -0.15) is 0 Å². The van der Waals surface area contributed by atoms with Gasteiger partial charge in [0.05, 0.1) is 0 Å². The fourth-order valence-corrected chi connectivity index (χ4v) is 1.98. The van der Waals surface area contributed by atoms with E-state index in [9.17, 15) is 0 Å². The van der Waals surface area contributed by atoms with Gasteiger partial charge in [-0.05, 0) is 23.8 Å². The Labute approximate surface area is 92.5 Å². The number of hydrogen-bond acceptors (Lipinski definition) is 2. The van der Waals surface area contributed by atoms with E-state index in [0.717, 1.165) is 29.8 Å². The van der Waals surface area contributed by atoms with Crippen LogP contribution in [0, 0.1) is 0 Å². The van der Waals surface area contributed by atoms with Crippen molar-refractivity contribution in [3.8, 4) is 0 Å². The fraction of sp³-hybridized carbons (Fsp3) is 0.273. The molecule has 74 valence electrons. The summed E-state index contributed by atoms with van der Waals surface area (Å²) in [5.41, 5.74) is 7.83. The first-order valence-corrected chi connectivity index (χ1v) is 5.46. The molecule has 14 heavy (non-hydrogen) atoms. The molecule has 1 aliphatic rings. The summed E-state index contributed by atoms with van der Waals surface area (Å²) in [4.78, 5) is 2.36. The van der Waals surface area contributed by atoms with Crippen molar-refractivity contribution < 1.29 is 0 Å². The Morgan fingerprint density at radius 3 is 2.71 bits per heavy atom. The number of rotatable bonds is 2. The Kier molecular flexibility index (Phi) is 2.89. The summed E-state index contributed by atoms with van der Waals surface area (Å²) in [5, 5.41) is 0. The van der Waals surface area contributed by atoms with Gasteiger partial charge >= 0.3 is 0 Å². The molecule has 3 heteroatoms. The van der Waals surface area contributed by atoms with Crippen LogP contribution in [0.4, 0.5) is 5.69 Å². The lowest BCUT2D eigenvalue weighted by molar-refractivity contribution is 0.345. The average Bonchev–Trinajstić information content (AvgIpc) is 2.64. The number of benzene rings is 1. The zero-order chi connectivity index (χ0) is 9.97. The van der Waals surface area contributed by atoms with Crippen molar-refractivity contribution in [1.82, 2.24) is 4.90 Å². The second-order valence-corrected chi connectivity index (χ2v) is 4.37. The molecule has 0 amide bonds. The maximum Gasteiger partial charge on any atom is 0.0318 e. The lowest BCUT2D eigenvalue weighted by Gasteiger charge is -2.16. The topological polar surface area (TPSA) is 29.3 Å². The molecule has 2 nitrogen and oxygen atoms in total. The van der Waals surface area contributed by atoms with Crippen LogP contribution in [0.3, 0.4) is 0 Å². The van der Waals surface area contributed by atoms with Gasteiger partial charge < -0.3 is 5.73 Å². The summed E-state index contributed by atoms with van der Waals surface area (Å²) in [7, 11) is 0. The summed E-state index contributed by atoms with van der Waals surface area (Å²) in [6.07, 6.45) is 4.39. The molecule has 0 spiro atoms. The molecule has 1 aromatic carbocycles. The molecule has 2 N–H and O–H groups in total. The summed E-state index contributed by atoms with van der Waals surface area (Å²) in [5.74, 6) is 0. The van der Waals surface area contributed by atoms with E-state index < -0.39 is 0 Å². The molecule has 0 bridgehead atoms. The molecular weight excluding hydrogens is 240 g/mol. The normalized spacial score (nSPS) is 16.4. The first kappa shape index (κ1) is 9.74. The first-order chi connectivity index (χ1) is 6.75. The third kappa shape index (κ3) is 2.16. The minimum Gasteiger partial charge on any atom is -0.399 e. The minimum atomic E-state index is 0.829. The molecule has 1 heterocycles. The Morgan fingerprint density at radius 2 is 2.00 bits per heavy atom. The van der Waals surface area contributed by atoms with Crippen LogP contribution in [0.1, 0.15) is 5.56 Å². The van der Waals surface area contributed by atoms with Crippen molar-refractivity contribution in [2.45, 2.75) is 6.54 Å². The zero-order valence-electron chi connectivity index (χ0n) is 7.91. The Morgan fingerprint density at radius 1 is 1.29 bits per heavy atom. The van der Waals surface area contributed by atoms with E-state index in [4.69, 9.17) is 5.73 Å². The quantitative estimate of drug-likeness (QED) is 0.647. The van der Waals surface area contributed by atoms with E-state index in [1.54, 1.807) is 0 Å². The lowest BCUT2D eigenvalue weighted by atomic mass is 10.2. The van der Waals surface area contributed by atoms with E-state index in [1.807, 2.05) is 18.2 Å². The molecule has 0 aliphatic carbocycles. The molecule has 0 aromatic heterocycles. The fourth-order valence-electron chi connectivity index (χ4n) is 1.61. The smallest absolute Gasteiger partial charge is 0.0318 e. The van der Waals surface area contributed by atoms with Crippen molar-refractivity contribution in [1.29, 1.82) is 0 Å². The van der Waals surface area contributed by atoms with Crippen LogP contribution in [0.25, 0.3) is 0 Å². The third-order valence-electron chi connectivity index (χ3n) is 2.36. The van der Waals surface area contributed by atoms with Crippen molar-refractivity contribution in [3.63, 3.8) is 0 Å². The maximum atomic E-state index is 5.75. The highest BCUT2D eigenvalue weighted by Crippen LogP contribution is 2.21. The van der Waals surface area contributed by atoms with Crippen molar-refractivity contribution in [3.05, 3.63) is 40.4 Å². The molecule has 1 aliphatic heterocycles. The number of halogens is 1. The molecule has 0 saturated heterocycles. The van der Waals surface area contributed by atoms with Crippen LogP contribution in [0.15, 0.2) is 34.8 Å². The summed E-state index contributed by atoms with van der Waals surface area (Å²) >= 11 is 3.54. The van der Waals surface area contributed by atoms with Gasteiger partial charge in [-0.25, -0.2) is 0 Å². The highest BCUT2D eigenvalue weighted by molar-refractivity contribution is 9.10. The Hall–Kier alpha value is -0.800. The van der Waals surface area contributed by atoms with Gasteiger partial charge in [-0.15, -0.1) is 0 Å². The van der Waals surface area contributed by atoms with E-state index in [0.29, 0.717) is 0 Å². The van der Waals surface area contributed by atoms with E-state index in [1.165, 1.54) is 5.56 Å². The highest BCUT2D eigenvalue weighted by Gasteiger charge is 2.09. The van der Waals surface area contributed by atoms with Crippen LogP contribution < -0.4 is 5.73 Å². The van der Waals surface area contributed by atoms with Crippen LogP contribution >= 0.6 is 15.9 Å². The van der Waals surface area contributed by atoms with Crippen LogP contribution in [0.2, 0.25) is 0 Å². The van der Waals surface area contributed by atoms with E-state index in [-0.39, 0.29) is 0 Å². The summed E-state index contributed by atoms with van der Waals surface area (Å²) < 4.78 is 1.14. The van der Waals surface area contributed by atoms with Gasteiger partial charge in [0.25, 0.3) is 0 Å². The second-order valence-electron chi connectivity index (χ2n) is 3.52. The number of hydrogen-bond donors (Lipinski definition) is 1. The SMILES string of the molecule is Nc1ccc(Br)c(CN2CC=CC2)c1. The zero-order valence-corrected chi connectivity index (χ0v) is 9.50. The van der Waals surface area contributed by atoms with Gasteiger partial charge in [-0.1, -0.05) is 28.1 Å². The maximum absolute atomic E-state index is 5.75. The predicted octanol–water partition coefficient (Wildman–Crippen LogP) is 2.40. The molecule has 0 fully saturated rings. The summed E-state index contributed by atoms with van der Waals surface area (Å²) in [6.45, 7) is 3.04. The third-order valence-corrected chi connectivity index (χ3v) is 3.13. The first-order valence-electron chi connectivity index (χ1n) is 4.67. The van der Waals surface area contributed by atoms with Crippen molar-refractivity contribution >= 4 is 21.6 Å². The molecule has 0 radical (unpaired) electrons. The molecule has 0 unspecified atom stereocenters. The van der Waals surface area contributed by atoms with Crippen molar-refractivity contribution in [2.75, 3.05) is 18.8 Å². The molecule has 2 rings (SSSR count). The van der Waals surface area contributed by atoms with Gasteiger partial charge in [0.1, 0.15) is 0 Å². The summed E-state index contributed by atoms with van der Waals surface area (Å²) in [6, 6.07) is 5.95. The monoisotopic (exact) mass is 252 g/mol. The van der Waals surface area contributed by atoms with Crippen molar-refractivity contribution in [2.24, 2.45) is 0 Å². The number of nitrogens with zero attached hydrogens (tertiary/aromatic N) is 1. The van der Waals surface area contributed by atoms with E-state index >= 15 is 0 Å². The van der Waals surface area contributed by atoms with Gasteiger partial charge in [-0.3, -0.25) is 4.90 Å². The minimum absolute atomic E-state index is 0.829. The Balaban J connectivity index is 2.11. The molecular formula is C11H13BrN2. The number of nitrogen functional groups attached to an aromatic ring is 1.